The van der Waals surface area contributed by atoms with Crippen molar-refractivity contribution in [3.05, 3.63) is 101 Å². The quantitative estimate of drug-likeness (QED) is 0.263. The zero-order valence-electron chi connectivity index (χ0n) is 19.2. The van der Waals surface area contributed by atoms with Gasteiger partial charge in [0.2, 0.25) is 10.0 Å². The highest BCUT2D eigenvalue weighted by molar-refractivity contribution is 9.10. The number of halogens is 1. The van der Waals surface area contributed by atoms with Crippen molar-refractivity contribution in [2.24, 2.45) is 16.0 Å². The molecule has 0 saturated carbocycles. The highest BCUT2D eigenvalue weighted by Crippen LogP contribution is 2.35. The molecule has 1 aliphatic rings. The first-order chi connectivity index (χ1) is 17.6. The molecule has 0 spiro atoms. The van der Waals surface area contributed by atoms with Crippen LogP contribution in [0.3, 0.4) is 0 Å². The predicted octanol–water partition coefficient (Wildman–Crippen LogP) is 4.25. The number of fused-ring (bicyclic) bond motifs is 2. The molecule has 4 aromatic rings. The highest BCUT2D eigenvalue weighted by atomic mass is 79.9. The van der Waals surface area contributed by atoms with E-state index in [1.165, 1.54) is 18.2 Å². The van der Waals surface area contributed by atoms with Crippen LogP contribution in [0, 0.1) is 0 Å². The van der Waals surface area contributed by atoms with Gasteiger partial charge in [-0.25, -0.2) is 18.6 Å². The number of rotatable bonds is 5. The van der Waals surface area contributed by atoms with E-state index < -0.39 is 10.0 Å². The molecule has 5 rings (SSSR count). The summed E-state index contributed by atoms with van der Waals surface area (Å²) in [5.74, 6) is -0.379. The van der Waals surface area contributed by atoms with E-state index in [0.29, 0.717) is 17.8 Å². The third kappa shape index (κ3) is 4.74. The number of hydrogen-bond donors (Lipinski definition) is 2. The average molecular weight is 595 g/mol. The monoisotopic (exact) mass is 593 g/mol. The number of carbonyl (C=O) groups is 1. The van der Waals surface area contributed by atoms with Crippen molar-refractivity contribution in [2.45, 2.75) is 11.4 Å². The fourth-order valence-electron chi connectivity index (χ4n) is 4.33. The Balaban J connectivity index is 1.64. The van der Waals surface area contributed by atoms with Crippen LogP contribution in [-0.4, -0.2) is 25.1 Å². The number of primary sulfonamides is 1. The summed E-state index contributed by atoms with van der Waals surface area (Å²) >= 11 is 8.68. The maximum atomic E-state index is 13.8. The first kappa shape index (κ1) is 25.0. The van der Waals surface area contributed by atoms with Crippen molar-refractivity contribution >= 4 is 77.0 Å². The Morgan fingerprint density at radius 2 is 1.70 bits per heavy atom. The van der Waals surface area contributed by atoms with Crippen LogP contribution in [-0.2, 0) is 21.4 Å². The molecule has 11 heteroatoms. The van der Waals surface area contributed by atoms with E-state index in [-0.39, 0.29) is 27.3 Å². The Labute approximate surface area is 227 Å². The number of hydrogen-bond acceptors (Lipinski definition) is 5. The van der Waals surface area contributed by atoms with Crippen LogP contribution in [0.4, 0.5) is 11.4 Å². The molecule has 0 radical (unpaired) electrons. The molecule has 0 atom stereocenters. The van der Waals surface area contributed by atoms with Crippen molar-refractivity contribution in [1.29, 1.82) is 0 Å². The minimum Gasteiger partial charge on any atom is -0.374 e. The first-order valence-corrected chi connectivity index (χ1v) is 13.8. The van der Waals surface area contributed by atoms with Crippen LogP contribution < -0.4 is 20.8 Å². The molecule has 0 bridgehead atoms. The third-order valence-corrected chi connectivity index (χ3v) is 7.59. The molecule has 4 N–H and O–H groups in total. The first-order valence-electron chi connectivity index (χ1n) is 11.0. The van der Waals surface area contributed by atoms with Crippen LogP contribution in [0.2, 0.25) is 0 Å². The van der Waals surface area contributed by atoms with E-state index in [1.54, 1.807) is 23.1 Å². The summed E-state index contributed by atoms with van der Waals surface area (Å²) in [7, 11) is -4.13. The van der Waals surface area contributed by atoms with E-state index in [0.717, 1.165) is 25.8 Å². The molecule has 0 aliphatic carbocycles. The van der Waals surface area contributed by atoms with Crippen molar-refractivity contribution < 1.29 is 13.2 Å². The zero-order chi connectivity index (χ0) is 26.3. The number of nitrogens with two attached hydrogens (primary N) is 2. The molecule has 0 saturated heterocycles. The Hall–Kier alpha value is -3.64. The Kier molecular flexibility index (Phi) is 6.54. The van der Waals surface area contributed by atoms with Gasteiger partial charge in [0, 0.05) is 10.0 Å². The molecule has 0 unspecified atom stereocenters. The lowest BCUT2D eigenvalue weighted by Crippen LogP contribution is -2.36. The number of sulfonamides is 1. The van der Waals surface area contributed by atoms with Gasteiger partial charge in [-0.05, 0) is 58.9 Å². The molecule has 8 nitrogen and oxygen atoms in total. The topological polar surface area (TPSA) is 122 Å². The molecular formula is C26H20BrN5O3S2. The smallest absolute Gasteiger partial charge is 0.279 e. The fourth-order valence-corrected chi connectivity index (χ4v) is 5.53. The fraction of sp³-hybridized carbons (Fsp3) is 0.0385. The predicted molar refractivity (Wildman–Crippen MR) is 153 cm³/mol. The Morgan fingerprint density at radius 3 is 2.46 bits per heavy atom. The molecule has 186 valence electrons. The Morgan fingerprint density at radius 1 is 1.00 bits per heavy atom. The molecule has 1 aliphatic heterocycles. The van der Waals surface area contributed by atoms with Gasteiger partial charge in [-0.3, -0.25) is 4.79 Å². The molecule has 1 heterocycles. The van der Waals surface area contributed by atoms with Gasteiger partial charge < -0.3 is 10.6 Å². The second-order valence-corrected chi connectivity index (χ2v) is 11.2. The number of carbonyl (C=O) groups excluding carboxylic acids is 1. The summed E-state index contributed by atoms with van der Waals surface area (Å²) in [6.07, 6.45) is 0. The maximum Gasteiger partial charge on any atom is 0.279 e. The number of para-hydroxylation sites is 1. The van der Waals surface area contributed by atoms with E-state index >= 15 is 0 Å². The summed E-state index contributed by atoms with van der Waals surface area (Å²) in [4.78, 5) is 15.2. The highest BCUT2D eigenvalue weighted by Gasteiger charge is 2.36. The van der Waals surface area contributed by atoms with E-state index in [4.69, 9.17) is 23.1 Å². The van der Waals surface area contributed by atoms with Crippen LogP contribution >= 0.6 is 28.1 Å². The number of thiocarbonyl (C=S) groups is 1. The number of amides is 1. The van der Waals surface area contributed by atoms with Crippen LogP contribution in [0.15, 0.2) is 99.4 Å². The van der Waals surface area contributed by atoms with Crippen molar-refractivity contribution in [3.8, 4) is 0 Å². The normalized spacial score (nSPS) is 14.3. The van der Waals surface area contributed by atoms with Gasteiger partial charge in [0.15, 0.2) is 10.8 Å². The number of benzene rings is 4. The van der Waals surface area contributed by atoms with Crippen molar-refractivity contribution in [3.63, 3.8) is 0 Å². The second kappa shape index (κ2) is 9.67. The lowest BCUT2D eigenvalue weighted by atomic mass is 10.0. The minimum absolute atomic E-state index is 0.0453. The second-order valence-electron chi connectivity index (χ2n) is 8.30. The minimum atomic E-state index is -4.13. The van der Waals surface area contributed by atoms with Gasteiger partial charge in [-0.2, -0.15) is 5.10 Å². The summed E-state index contributed by atoms with van der Waals surface area (Å²) in [5.41, 5.74) is 8.23. The van der Waals surface area contributed by atoms with Crippen molar-refractivity contribution in [2.75, 3.05) is 9.91 Å². The van der Waals surface area contributed by atoms with Gasteiger partial charge in [0.05, 0.1) is 17.9 Å². The van der Waals surface area contributed by atoms with Crippen molar-refractivity contribution in [1.82, 2.24) is 0 Å². The van der Waals surface area contributed by atoms with Gasteiger partial charge in [-0.15, -0.1) is 0 Å². The standard InChI is InChI=1S/C26H20BrN5O3S2/c27-18-12-13-20-22(14-18)31(15-17-8-5-7-16-6-1-2-9-19(16)17)25(33)24(20)30-32(26(28)36)21-10-3-4-11-23(21)37(29,34)35/h1-14H,15H2,(H2,28,36)(H2,29,34,35)/b30-24-. The van der Waals surface area contributed by atoms with Crippen LogP contribution in [0.25, 0.3) is 10.8 Å². The largest absolute Gasteiger partial charge is 0.374 e. The van der Waals surface area contributed by atoms with E-state index in [9.17, 15) is 13.2 Å². The third-order valence-electron chi connectivity index (χ3n) is 5.97. The van der Waals surface area contributed by atoms with Crippen LogP contribution in [0.1, 0.15) is 11.1 Å². The molecular weight excluding hydrogens is 574 g/mol. The molecule has 37 heavy (non-hydrogen) atoms. The summed E-state index contributed by atoms with van der Waals surface area (Å²) in [5, 5.41) is 12.8. The van der Waals surface area contributed by atoms with E-state index in [1.807, 2.05) is 48.5 Å². The van der Waals surface area contributed by atoms with Gasteiger partial charge in [0.1, 0.15) is 4.90 Å². The Bertz CT molecular complexity index is 1720. The SMILES string of the molecule is NC(=S)N(/N=C1\C(=O)N(Cc2cccc3ccccc23)c2cc(Br)ccc21)c1ccccc1S(N)(=O)=O. The molecule has 0 fully saturated rings. The summed E-state index contributed by atoms with van der Waals surface area (Å²) in [6, 6.07) is 25.2. The average Bonchev–Trinajstić information content (AvgIpc) is 3.11. The summed E-state index contributed by atoms with van der Waals surface area (Å²) < 4.78 is 25.2. The summed E-state index contributed by atoms with van der Waals surface area (Å²) in [6.45, 7) is 0.295. The van der Waals surface area contributed by atoms with Gasteiger partial charge in [-0.1, -0.05) is 70.5 Å². The maximum absolute atomic E-state index is 13.8. The lowest BCUT2D eigenvalue weighted by Gasteiger charge is -2.20. The number of hydrazone groups is 1. The van der Waals surface area contributed by atoms with Gasteiger partial charge in [0.25, 0.3) is 5.91 Å². The van der Waals surface area contributed by atoms with Gasteiger partial charge >= 0.3 is 0 Å². The zero-order valence-corrected chi connectivity index (χ0v) is 22.4. The molecule has 0 aromatic heterocycles. The van der Waals surface area contributed by atoms with Crippen LogP contribution in [0.5, 0.6) is 0 Å². The lowest BCUT2D eigenvalue weighted by molar-refractivity contribution is -0.112. The molecule has 4 aromatic carbocycles. The number of nitrogens with zero attached hydrogens (tertiary/aromatic N) is 3. The number of anilines is 2. The van der Waals surface area contributed by atoms with E-state index in [2.05, 4.69) is 21.0 Å². The molecule has 1 amide bonds.